The molecular weight excluding hydrogens is 382 g/mol. The molecule has 2 aromatic rings. The Labute approximate surface area is 176 Å². The smallest absolute Gasteiger partial charge is 0.234 e. The second-order valence-electron chi connectivity index (χ2n) is 8.94. The molecule has 0 radical (unpaired) electrons. The SMILES string of the molecule is Cc1cc(C(C(=O)N2CC(O)CC2C2=NOC(C)(c3ccccc3)C2)C(C)C)on1. The fraction of sp³-hybridized carbons (Fsp3) is 0.522. The minimum atomic E-state index is -0.588. The maximum Gasteiger partial charge on any atom is 0.234 e. The number of aliphatic hydroxyl groups is 1. The van der Waals surface area contributed by atoms with Crippen LogP contribution in [0, 0.1) is 12.8 Å². The molecule has 2 aliphatic rings. The molecule has 7 nitrogen and oxygen atoms in total. The highest BCUT2D eigenvalue weighted by Gasteiger charge is 2.46. The van der Waals surface area contributed by atoms with E-state index in [0.29, 0.717) is 18.6 Å². The Balaban J connectivity index is 1.57. The maximum absolute atomic E-state index is 13.6. The summed E-state index contributed by atoms with van der Waals surface area (Å²) in [4.78, 5) is 21.2. The first kappa shape index (κ1) is 20.6. The van der Waals surface area contributed by atoms with Gasteiger partial charge in [0.05, 0.1) is 23.6 Å². The molecule has 0 saturated carbocycles. The van der Waals surface area contributed by atoms with Gasteiger partial charge in [-0.15, -0.1) is 0 Å². The van der Waals surface area contributed by atoms with Crippen LogP contribution in [0.25, 0.3) is 0 Å². The Morgan fingerprint density at radius 1 is 1.30 bits per heavy atom. The molecule has 0 aliphatic carbocycles. The largest absolute Gasteiger partial charge is 0.391 e. The number of aromatic nitrogens is 1. The van der Waals surface area contributed by atoms with Gasteiger partial charge in [-0.3, -0.25) is 4.79 Å². The molecule has 160 valence electrons. The first-order valence-electron chi connectivity index (χ1n) is 10.5. The summed E-state index contributed by atoms with van der Waals surface area (Å²) >= 11 is 0. The number of aryl methyl sites for hydroxylation is 1. The third-order valence-corrected chi connectivity index (χ3v) is 6.10. The Kier molecular flexibility index (Phi) is 5.40. The van der Waals surface area contributed by atoms with Gasteiger partial charge in [-0.1, -0.05) is 54.5 Å². The minimum absolute atomic E-state index is 0.0274. The van der Waals surface area contributed by atoms with Gasteiger partial charge in [0, 0.05) is 25.5 Å². The van der Waals surface area contributed by atoms with Crippen LogP contribution >= 0.6 is 0 Å². The average Bonchev–Trinajstić information content (AvgIpc) is 3.41. The van der Waals surface area contributed by atoms with Crippen LogP contribution in [0.1, 0.15) is 56.5 Å². The van der Waals surface area contributed by atoms with Crippen molar-refractivity contribution >= 4 is 11.6 Å². The zero-order valence-electron chi connectivity index (χ0n) is 17.9. The predicted molar refractivity (Wildman–Crippen MR) is 112 cm³/mol. The van der Waals surface area contributed by atoms with Crippen molar-refractivity contribution in [1.29, 1.82) is 0 Å². The molecule has 0 spiro atoms. The van der Waals surface area contributed by atoms with E-state index >= 15 is 0 Å². The van der Waals surface area contributed by atoms with Gasteiger partial charge in [0.1, 0.15) is 11.7 Å². The van der Waals surface area contributed by atoms with Crippen LogP contribution in [0.3, 0.4) is 0 Å². The summed E-state index contributed by atoms with van der Waals surface area (Å²) in [6, 6.07) is 11.5. The third kappa shape index (κ3) is 3.74. The Morgan fingerprint density at radius 2 is 2.03 bits per heavy atom. The Hall–Kier alpha value is -2.67. The molecule has 4 rings (SSSR count). The summed E-state index contributed by atoms with van der Waals surface area (Å²) in [5, 5.41) is 18.7. The molecule has 1 N–H and O–H groups in total. The number of aliphatic hydroxyl groups excluding tert-OH is 1. The number of nitrogens with zero attached hydrogens (tertiary/aromatic N) is 3. The topological polar surface area (TPSA) is 88.2 Å². The monoisotopic (exact) mass is 411 g/mol. The predicted octanol–water partition coefficient (Wildman–Crippen LogP) is 3.38. The number of carbonyl (C=O) groups excluding carboxylic acids is 1. The summed E-state index contributed by atoms with van der Waals surface area (Å²) in [6.07, 6.45) is 0.444. The molecule has 0 bridgehead atoms. The van der Waals surface area contributed by atoms with E-state index in [1.54, 1.807) is 4.90 Å². The van der Waals surface area contributed by atoms with Crippen molar-refractivity contribution in [1.82, 2.24) is 10.1 Å². The Morgan fingerprint density at radius 3 is 2.67 bits per heavy atom. The molecule has 4 unspecified atom stereocenters. The summed E-state index contributed by atoms with van der Waals surface area (Å²) in [6.45, 7) is 8.10. The fourth-order valence-corrected chi connectivity index (χ4v) is 4.51. The molecule has 3 heterocycles. The van der Waals surface area contributed by atoms with Crippen LogP contribution in [-0.2, 0) is 15.2 Å². The van der Waals surface area contributed by atoms with Crippen LogP contribution in [0.15, 0.2) is 46.1 Å². The zero-order chi connectivity index (χ0) is 21.5. The third-order valence-electron chi connectivity index (χ3n) is 6.10. The molecule has 7 heteroatoms. The van der Waals surface area contributed by atoms with Crippen LogP contribution < -0.4 is 0 Å². The molecule has 30 heavy (non-hydrogen) atoms. The van der Waals surface area contributed by atoms with Crippen molar-refractivity contribution in [2.75, 3.05) is 6.54 Å². The highest BCUT2D eigenvalue weighted by Crippen LogP contribution is 2.38. The van der Waals surface area contributed by atoms with Gasteiger partial charge in [0.15, 0.2) is 5.60 Å². The summed E-state index contributed by atoms with van der Waals surface area (Å²) in [5.74, 6) is 0.0621. The number of likely N-dealkylation sites (tertiary alicyclic amines) is 1. The van der Waals surface area contributed by atoms with Gasteiger partial charge in [-0.2, -0.15) is 0 Å². The first-order chi connectivity index (χ1) is 14.3. The lowest BCUT2D eigenvalue weighted by Crippen LogP contribution is -2.44. The highest BCUT2D eigenvalue weighted by atomic mass is 16.7. The number of hydrogen-bond donors (Lipinski definition) is 1. The van der Waals surface area contributed by atoms with Crippen LogP contribution in [-0.4, -0.2) is 45.5 Å². The van der Waals surface area contributed by atoms with E-state index in [4.69, 9.17) is 9.36 Å². The molecule has 1 saturated heterocycles. The molecule has 2 aliphatic heterocycles. The van der Waals surface area contributed by atoms with Crippen LogP contribution in [0.5, 0.6) is 0 Å². The van der Waals surface area contributed by atoms with Crippen molar-refractivity contribution in [2.24, 2.45) is 11.1 Å². The molecule has 1 aromatic carbocycles. The number of β-amino-alcohol motifs (C(OH)–C–C–N with tert-alkyl or cyclic N) is 1. The van der Waals surface area contributed by atoms with E-state index in [2.05, 4.69) is 10.3 Å². The van der Waals surface area contributed by atoms with Gasteiger partial charge in [-0.05, 0) is 25.3 Å². The molecule has 1 aromatic heterocycles. The second kappa shape index (κ2) is 7.87. The standard InChI is InChI=1S/C23H29N3O4/c1-14(2)21(20-10-15(3)24-29-20)22(28)26-13-17(27)11-19(26)18-12-23(4,30-25-18)16-8-6-5-7-9-16/h5-10,14,17,19,21,27H,11-13H2,1-4H3. The van der Waals surface area contributed by atoms with Crippen LogP contribution in [0.2, 0.25) is 0 Å². The maximum atomic E-state index is 13.6. The van der Waals surface area contributed by atoms with Gasteiger partial charge in [-0.25, -0.2) is 0 Å². The second-order valence-corrected chi connectivity index (χ2v) is 8.94. The van der Waals surface area contributed by atoms with Crippen molar-refractivity contribution in [2.45, 2.75) is 64.2 Å². The van der Waals surface area contributed by atoms with Crippen molar-refractivity contribution in [3.63, 3.8) is 0 Å². The van der Waals surface area contributed by atoms with Crippen molar-refractivity contribution < 1.29 is 19.3 Å². The first-order valence-corrected chi connectivity index (χ1v) is 10.5. The minimum Gasteiger partial charge on any atom is -0.391 e. The summed E-state index contributed by atoms with van der Waals surface area (Å²) in [5.41, 5.74) is 2.01. The van der Waals surface area contributed by atoms with E-state index < -0.39 is 17.6 Å². The number of carbonyl (C=O) groups is 1. The van der Waals surface area contributed by atoms with Crippen molar-refractivity contribution in [3.05, 3.63) is 53.4 Å². The van der Waals surface area contributed by atoms with Gasteiger partial charge < -0.3 is 19.4 Å². The van der Waals surface area contributed by atoms with E-state index in [1.807, 2.05) is 64.1 Å². The molecular formula is C23H29N3O4. The number of hydrogen-bond acceptors (Lipinski definition) is 6. The quantitative estimate of drug-likeness (QED) is 0.815. The lowest BCUT2D eigenvalue weighted by molar-refractivity contribution is -0.134. The summed E-state index contributed by atoms with van der Waals surface area (Å²) < 4.78 is 5.43. The number of rotatable bonds is 5. The zero-order valence-corrected chi connectivity index (χ0v) is 17.9. The lowest BCUT2D eigenvalue weighted by atomic mass is 9.87. The normalized spacial score (nSPS) is 27.3. The van der Waals surface area contributed by atoms with Gasteiger partial charge in [0.25, 0.3) is 0 Å². The van der Waals surface area contributed by atoms with E-state index in [-0.39, 0.29) is 24.4 Å². The molecule has 1 fully saturated rings. The van der Waals surface area contributed by atoms with Crippen LogP contribution in [0.4, 0.5) is 0 Å². The average molecular weight is 412 g/mol. The summed E-state index contributed by atoms with van der Waals surface area (Å²) in [7, 11) is 0. The number of amides is 1. The number of oxime groups is 1. The number of benzene rings is 1. The molecule has 1 amide bonds. The molecule has 4 atom stereocenters. The van der Waals surface area contributed by atoms with Gasteiger partial charge in [0.2, 0.25) is 5.91 Å². The van der Waals surface area contributed by atoms with E-state index in [0.717, 1.165) is 17.0 Å². The fourth-order valence-electron chi connectivity index (χ4n) is 4.51. The lowest BCUT2D eigenvalue weighted by Gasteiger charge is -2.29. The van der Waals surface area contributed by atoms with E-state index in [1.165, 1.54) is 0 Å². The van der Waals surface area contributed by atoms with Gasteiger partial charge >= 0.3 is 0 Å². The Bertz CT molecular complexity index is 939. The van der Waals surface area contributed by atoms with E-state index in [9.17, 15) is 9.90 Å². The highest BCUT2D eigenvalue weighted by molar-refractivity contribution is 5.96. The van der Waals surface area contributed by atoms with Crippen molar-refractivity contribution in [3.8, 4) is 0 Å².